The molecule has 0 amide bonds. The summed E-state index contributed by atoms with van der Waals surface area (Å²) >= 11 is 0. The zero-order chi connectivity index (χ0) is 17.0. The van der Waals surface area contributed by atoms with E-state index in [1.807, 2.05) is 24.8 Å². The van der Waals surface area contributed by atoms with Gasteiger partial charge in [0, 0.05) is 31.3 Å². The fraction of sp³-hybridized carbons (Fsp3) is 0.706. The smallest absolute Gasteiger partial charge is 0.312 e. The summed E-state index contributed by atoms with van der Waals surface area (Å²) in [5.41, 5.74) is -0.129. The van der Waals surface area contributed by atoms with Crippen molar-refractivity contribution in [1.82, 2.24) is 9.97 Å². The van der Waals surface area contributed by atoms with Crippen LogP contribution in [0.3, 0.4) is 0 Å². The number of aliphatic hydroxyl groups is 1. The Hall–Kier alpha value is -1.69. The van der Waals surface area contributed by atoms with Crippen LogP contribution in [0.1, 0.15) is 51.0 Å². The SMILES string of the molecule is CCCc1nc(C)cc(N2CC[C@](CCC)(C(=O)O)[C@@H](O)C2)n1. The maximum Gasteiger partial charge on any atom is 0.312 e. The molecule has 0 unspecified atom stereocenters. The standard InChI is InChI=1S/C17H27N3O3/c1-4-6-14-18-12(3)10-15(19-14)20-9-8-17(7-5-2,16(22)23)13(21)11-20/h10,13,21H,4-9,11H2,1-3H3,(H,22,23)/t13-,17-/m0/s1. The number of carboxylic acid groups (broad SMARTS) is 1. The lowest BCUT2D eigenvalue weighted by Crippen LogP contribution is -2.55. The molecule has 2 atom stereocenters. The molecule has 0 spiro atoms. The number of hydrogen-bond donors (Lipinski definition) is 2. The van der Waals surface area contributed by atoms with Gasteiger partial charge >= 0.3 is 5.97 Å². The fourth-order valence-corrected chi connectivity index (χ4v) is 3.39. The molecule has 0 bridgehead atoms. The van der Waals surface area contributed by atoms with E-state index in [1.165, 1.54) is 0 Å². The van der Waals surface area contributed by atoms with Crippen LogP contribution >= 0.6 is 0 Å². The quantitative estimate of drug-likeness (QED) is 0.835. The van der Waals surface area contributed by atoms with E-state index in [2.05, 4.69) is 16.9 Å². The summed E-state index contributed by atoms with van der Waals surface area (Å²) in [5.74, 6) is 0.702. The van der Waals surface area contributed by atoms with Crippen LogP contribution in [-0.2, 0) is 11.2 Å². The Morgan fingerprint density at radius 3 is 2.70 bits per heavy atom. The van der Waals surface area contributed by atoms with Gasteiger partial charge in [0.15, 0.2) is 0 Å². The molecule has 1 fully saturated rings. The Balaban J connectivity index is 2.21. The molecule has 1 aliphatic rings. The largest absolute Gasteiger partial charge is 0.481 e. The molecule has 0 saturated carbocycles. The van der Waals surface area contributed by atoms with E-state index in [-0.39, 0.29) is 0 Å². The molecule has 2 N–H and O–H groups in total. The van der Waals surface area contributed by atoms with Crippen molar-refractivity contribution in [2.75, 3.05) is 18.0 Å². The Morgan fingerprint density at radius 1 is 1.39 bits per heavy atom. The fourth-order valence-electron chi connectivity index (χ4n) is 3.39. The molecule has 2 heterocycles. The third kappa shape index (κ3) is 3.63. The van der Waals surface area contributed by atoms with E-state index in [1.54, 1.807) is 0 Å². The summed E-state index contributed by atoms with van der Waals surface area (Å²) in [4.78, 5) is 22.7. The van der Waals surface area contributed by atoms with Crippen LogP contribution in [0, 0.1) is 12.3 Å². The number of aliphatic carboxylic acids is 1. The van der Waals surface area contributed by atoms with Gasteiger partial charge in [0.1, 0.15) is 11.6 Å². The summed E-state index contributed by atoms with van der Waals surface area (Å²) in [7, 11) is 0. The third-order valence-electron chi connectivity index (χ3n) is 4.67. The molecule has 23 heavy (non-hydrogen) atoms. The molecular formula is C17H27N3O3. The summed E-state index contributed by atoms with van der Waals surface area (Å²) in [6.07, 6.45) is 2.59. The summed E-state index contributed by atoms with van der Waals surface area (Å²) < 4.78 is 0. The van der Waals surface area contributed by atoms with Crippen LogP contribution in [0.25, 0.3) is 0 Å². The van der Waals surface area contributed by atoms with Crippen molar-refractivity contribution in [3.63, 3.8) is 0 Å². The monoisotopic (exact) mass is 321 g/mol. The maximum absolute atomic E-state index is 11.7. The highest BCUT2D eigenvalue weighted by atomic mass is 16.4. The number of anilines is 1. The minimum Gasteiger partial charge on any atom is -0.481 e. The molecule has 0 aromatic carbocycles. The zero-order valence-electron chi connectivity index (χ0n) is 14.2. The first-order valence-corrected chi connectivity index (χ1v) is 8.44. The van der Waals surface area contributed by atoms with Crippen LogP contribution in [-0.4, -0.2) is 45.3 Å². The first-order chi connectivity index (χ1) is 10.9. The number of nitrogens with zero attached hydrogens (tertiary/aromatic N) is 3. The van der Waals surface area contributed by atoms with Gasteiger partial charge in [0.25, 0.3) is 0 Å². The number of β-amino-alcohol motifs (C(OH)–C–C–N with tert-alkyl or cyclic N) is 1. The minimum absolute atomic E-state index is 0.300. The molecule has 0 aliphatic carbocycles. The molecule has 1 aromatic heterocycles. The predicted octanol–water partition coefficient (Wildman–Crippen LogP) is 2.18. The second kappa shape index (κ2) is 7.25. The third-order valence-corrected chi connectivity index (χ3v) is 4.67. The molecule has 6 nitrogen and oxygen atoms in total. The lowest BCUT2D eigenvalue weighted by Gasteiger charge is -2.43. The molecule has 1 aliphatic heterocycles. The number of carbonyl (C=O) groups is 1. The summed E-state index contributed by atoms with van der Waals surface area (Å²) in [6.45, 7) is 6.86. The van der Waals surface area contributed by atoms with Crippen LogP contribution in [0.15, 0.2) is 6.07 Å². The van der Waals surface area contributed by atoms with Crippen LogP contribution in [0.4, 0.5) is 5.82 Å². The first-order valence-electron chi connectivity index (χ1n) is 8.44. The molecule has 0 radical (unpaired) electrons. The number of piperidine rings is 1. The first kappa shape index (κ1) is 17.7. The van der Waals surface area contributed by atoms with Crippen LogP contribution in [0.5, 0.6) is 0 Å². The molecular weight excluding hydrogens is 294 g/mol. The van der Waals surface area contributed by atoms with Gasteiger partial charge in [-0.3, -0.25) is 4.79 Å². The van der Waals surface area contributed by atoms with Gasteiger partial charge in [0.2, 0.25) is 0 Å². The number of carboxylic acids is 1. The summed E-state index contributed by atoms with van der Waals surface area (Å²) in [5, 5.41) is 20.1. The molecule has 1 saturated heterocycles. The Morgan fingerprint density at radius 2 is 2.13 bits per heavy atom. The van der Waals surface area contributed by atoms with Crippen molar-refractivity contribution in [3.8, 4) is 0 Å². The number of aliphatic hydroxyl groups excluding tert-OH is 1. The van der Waals surface area contributed by atoms with Crippen molar-refractivity contribution in [3.05, 3.63) is 17.6 Å². The van der Waals surface area contributed by atoms with Gasteiger partial charge in [-0.05, 0) is 26.2 Å². The normalized spacial score (nSPS) is 24.7. The van der Waals surface area contributed by atoms with E-state index >= 15 is 0 Å². The predicted molar refractivity (Wildman–Crippen MR) is 88.6 cm³/mol. The Bertz CT molecular complexity index is 564. The Kier molecular flexibility index (Phi) is 5.57. The van der Waals surface area contributed by atoms with Crippen molar-refractivity contribution in [2.24, 2.45) is 5.41 Å². The highest BCUT2D eigenvalue weighted by Crippen LogP contribution is 2.38. The molecule has 1 aromatic rings. The number of aryl methyl sites for hydroxylation is 2. The topological polar surface area (TPSA) is 86.6 Å². The Labute approximate surface area is 137 Å². The highest BCUT2D eigenvalue weighted by molar-refractivity contribution is 5.76. The van der Waals surface area contributed by atoms with E-state index < -0.39 is 17.5 Å². The molecule has 6 heteroatoms. The van der Waals surface area contributed by atoms with E-state index in [0.29, 0.717) is 25.9 Å². The van der Waals surface area contributed by atoms with Gasteiger partial charge in [-0.15, -0.1) is 0 Å². The van der Waals surface area contributed by atoms with Crippen LogP contribution in [0.2, 0.25) is 0 Å². The van der Waals surface area contributed by atoms with Gasteiger partial charge in [-0.25, -0.2) is 9.97 Å². The lowest BCUT2D eigenvalue weighted by molar-refractivity contribution is -0.159. The average Bonchev–Trinajstić information content (AvgIpc) is 2.49. The lowest BCUT2D eigenvalue weighted by atomic mass is 9.73. The second-order valence-electron chi connectivity index (χ2n) is 6.46. The van der Waals surface area contributed by atoms with Crippen LogP contribution < -0.4 is 4.90 Å². The van der Waals surface area contributed by atoms with Gasteiger partial charge in [0.05, 0.1) is 11.5 Å². The van der Waals surface area contributed by atoms with Crippen molar-refractivity contribution in [1.29, 1.82) is 0 Å². The van der Waals surface area contributed by atoms with Crippen molar-refractivity contribution in [2.45, 2.75) is 59.0 Å². The van der Waals surface area contributed by atoms with E-state index in [4.69, 9.17) is 0 Å². The second-order valence-corrected chi connectivity index (χ2v) is 6.46. The summed E-state index contributed by atoms with van der Waals surface area (Å²) in [6, 6.07) is 1.90. The minimum atomic E-state index is -1.03. The number of hydrogen-bond acceptors (Lipinski definition) is 5. The molecule has 128 valence electrons. The van der Waals surface area contributed by atoms with Gasteiger partial charge in [-0.1, -0.05) is 20.3 Å². The number of aromatic nitrogens is 2. The van der Waals surface area contributed by atoms with Crippen molar-refractivity contribution < 1.29 is 15.0 Å². The molecule has 2 rings (SSSR count). The van der Waals surface area contributed by atoms with E-state index in [0.717, 1.165) is 36.6 Å². The van der Waals surface area contributed by atoms with Crippen molar-refractivity contribution >= 4 is 11.8 Å². The van der Waals surface area contributed by atoms with E-state index in [9.17, 15) is 15.0 Å². The highest BCUT2D eigenvalue weighted by Gasteiger charge is 2.48. The van der Waals surface area contributed by atoms with Gasteiger partial charge < -0.3 is 15.1 Å². The van der Waals surface area contributed by atoms with Gasteiger partial charge in [-0.2, -0.15) is 0 Å². The average molecular weight is 321 g/mol. The zero-order valence-corrected chi connectivity index (χ0v) is 14.2. The number of rotatable bonds is 6. The maximum atomic E-state index is 11.7.